The van der Waals surface area contributed by atoms with Crippen LogP contribution >= 0.6 is 0 Å². The van der Waals surface area contributed by atoms with Crippen molar-refractivity contribution in [3.63, 3.8) is 0 Å². The minimum atomic E-state index is -0.367. The zero-order chi connectivity index (χ0) is 18.5. The van der Waals surface area contributed by atoms with Crippen molar-refractivity contribution >= 4 is 22.6 Å². The molecule has 0 aliphatic heterocycles. The minimum Gasteiger partial charge on any atom is -0.489 e. The number of carbonyl (C=O) groups excluding carboxylic acids is 1. The quantitative estimate of drug-likeness (QED) is 0.242. The number of nitrogens with zero attached hydrogens (tertiary/aromatic N) is 1. The Hall–Kier alpha value is -3.54. The lowest BCUT2D eigenvalue weighted by molar-refractivity contribution is 0.0600. The van der Waals surface area contributed by atoms with Crippen molar-refractivity contribution in [3.05, 3.63) is 77.4 Å². The highest BCUT2D eigenvalue weighted by atomic mass is 16.5. The number of benzene rings is 3. The molecule has 3 aromatic carbocycles. The molecular formula is C20H18N2O4. The van der Waals surface area contributed by atoms with Crippen LogP contribution in [0.5, 0.6) is 5.75 Å². The summed E-state index contributed by atoms with van der Waals surface area (Å²) in [5, 5.41) is 13.8. The van der Waals surface area contributed by atoms with Crippen molar-refractivity contribution in [3.8, 4) is 5.75 Å². The van der Waals surface area contributed by atoms with Gasteiger partial charge in [0.15, 0.2) is 5.84 Å². The monoisotopic (exact) mass is 350 g/mol. The van der Waals surface area contributed by atoms with Crippen LogP contribution in [0, 0.1) is 0 Å². The molecule has 0 unspecified atom stereocenters. The molecule has 0 fully saturated rings. The number of esters is 1. The maximum absolute atomic E-state index is 11.4. The van der Waals surface area contributed by atoms with Gasteiger partial charge in [-0.1, -0.05) is 35.5 Å². The smallest absolute Gasteiger partial charge is 0.337 e. The Balaban J connectivity index is 1.75. The highest BCUT2D eigenvalue weighted by molar-refractivity contribution is 6.00. The maximum Gasteiger partial charge on any atom is 0.337 e. The van der Waals surface area contributed by atoms with Gasteiger partial charge in [0.1, 0.15) is 12.4 Å². The summed E-state index contributed by atoms with van der Waals surface area (Å²) in [6.45, 7) is 0.368. The number of rotatable bonds is 5. The van der Waals surface area contributed by atoms with E-state index in [4.69, 9.17) is 15.7 Å². The van der Waals surface area contributed by atoms with Gasteiger partial charge < -0.3 is 20.4 Å². The molecule has 6 heteroatoms. The van der Waals surface area contributed by atoms with E-state index in [0.717, 1.165) is 16.3 Å². The van der Waals surface area contributed by atoms with E-state index in [2.05, 4.69) is 9.89 Å². The molecule has 0 aromatic heterocycles. The Morgan fingerprint density at radius 3 is 2.38 bits per heavy atom. The van der Waals surface area contributed by atoms with Crippen LogP contribution < -0.4 is 10.5 Å². The van der Waals surface area contributed by atoms with Crippen LogP contribution in [0.25, 0.3) is 10.8 Å². The van der Waals surface area contributed by atoms with Crippen molar-refractivity contribution in [2.75, 3.05) is 7.11 Å². The number of hydrogen-bond donors (Lipinski definition) is 2. The van der Waals surface area contributed by atoms with E-state index in [1.54, 1.807) is 18.2 Å². The van der Waals surface area contributed by atoms with Gasteiger partial charge in [0.2, 0.25) is 0 Å². The second-order valence-electron chi connectivity index (χ2n) is 5.69. The van der Waals surface area contributed by atoms with Crippen LogP contribution in [0.15, 0.2) is 65.8 Å². The molecule has 0 aliphatic carbocycles. The summed E-state index contributed by atoms with van der Waals surface area (Å²) < 4.78 is 10.5. The first-order valence-corrected chi connectivity index (χ1v) is 7.92. The van der Waals surface area contributed by atoms with Gasteiger partial charge >= 0.3 is 5.97 Å². The molecule has 6 nitrogen and oxygen atoms in total. The van der Waals surface area contributed by atoms with Crippen LogP contribution in [0.3, 0.4) is 0 Å². The highest BCUT2D eigenvalue weighted by Crippen LogP contribution is 2.23. The zero-order valence-electron chi connectivity index (χ0n) is 14.2. The average Bonchev–Trinajstić information content (AvgIpc) is 2.70. The third kappa shape index (κ3) is 3.75. The molecule has 0 atom stereocenters. The molecule has 3 aromatic rings. The number of methoxy groups -OCH3 is 1. The lowest BCUT2D eigenvalue weighted by atomic mass is 10.1. The van der Waals surface area contributed by atoms with Crippen molar-refractivity contribution < 1.29 is 19.5 Å². The Bertz CT molecular complexity index is 965. The first-order chi connectivity index (χ1) is 12.6. The number of carbonyl (C=O) groups is 1. The molecule has 0 spiro atoms. The molecule has 26 heavy (non-hydrogen) atoms. The minimum absolute atomic E-state index is 0.0592. The van der Waals surface area contributed by atoms with E-state index in [1.807, 2.05) is 42.5 Å². The topological polar surface area (TPSA) is 94.1 Å². The van der Waals surface area contributed by atoms with E-state index in [1.165, 1.54) is 7.11 Å². The number of hydrogen-bond acceptors (Lipinski definition) is 5. The van der Waals surface area contributed by atoms with Crippen LogP contribution in [-0.4, -0.2) is 24.1 Å². The van der Waals surface area contributed by atoms with Gasteiger partial charge in [0.05, 0.1) is 12.7 Å². The van der Waals surface area contributed by atoms with E-state index in [-0.39, 0.29) is 11.8 Å². The van der Waals surface area contributed by atoms with E-state index in [0.29, 0.717) is 23.5 Å². The SMILES string of the molecule is COC(=O)c1ccc(COc2ccc3ccc(/C(N)=N/O)cc3c2)cc1. The predicted molar refractivity (Wildman–Crippen MR) is 98.6 cm³/mol. The van der Waals surface area contributed by atoms with Gasteiger partial charge in [0.25, 0.3) is 0 Å². The van der Waals surface area contributed by atoms with E-state index >= 15 is 0 Å². The number of fused-ring (bicyclic) bond motifs is 1. The van der Waals surface area contributed by atoms with Gasteiger partial charge in [-0.15, -0.1) is 0 Å². The third-order valence-electron chi connectivity index (χ3n) is 4.00. The molecule has 3 rings (SSSR count). The molecule has 0 amide bonds. The molecule has 0 aliphatic rings. The maximum atomic E-state index is 11.4. The van der Waals surface area contributed by atoms with Gasteiger partial charge in [-0.25, -0.2) is 4.79 Å². The largest absolute Gasteiger partial charge is 0.489 e. The average molecular weight is 350 g/mol. The Kier molecular flexibility index (Phi) is 5.03. The highest BCUT2D eigenvalue weighted by Gasteiger charge is 2.06. The Morgan fingerprint density at radius 1 is 1.00 bits per heavy atom. The summed E-state index contributed by atoms with van der Waals surface area (Å²) in [5.74, 6) is 0.392. The van der Waals surface area contributed by atoms with Crippen molar-refractivity contribution in [2.24, 2.45) is 10.9 Å². The van der Waals surface area contributed by atoms with Crippen molar-refractivity contribution in [1.82, 2.24) is 0 Å². The molecule has 0 bridgehead atoms. The standard InChI is InChI=1S/C20H18N2O4/c1-25-20(23)15-4-2-13(3-5-15)12-26-18-9-8-14-6-7-16(19(21)22-24)10-17(14)11-18/h2-11,24H,12H2,1H3,(H2,21,22). The second kappa shape index (κ2) is 7.57. The fraction of sp³-hybridized carbons (Fsp3) is 0.100. The fourth-order valence-corrected chi connectivity index (χ4v) is 2.55. The molecular weight excluding hydrogens is 332 g/mol. The molecule has 0 radical (unpaired) electrons. The third-order valence-corrected chi connectivity index (χ3v) is 4.00. The summed E-state index contributed by atoms with van der Waals surface area (Å²) in [4.78, 5) is 11.4. The van der Waals surface area contributed by atoms with Crippen LogP contribution in [0.4, 0.5) is 0 Å². The number of amidine groups is 1. The summed E-state index contributed by atoms with van der Waals surface area (Å²) in [7, 11) is 1.35. The number of ether oxygens (including phenoxy) is 2. The van der Waals surface area contributed by atoms with Crippen LogP contribution in [0.2, 0.25) is 0 Å². The first-order valence-electron chi connectivity index (χ1n) is 7.92. The van der Waals surface area contributed by atoms with E-state index in [9.17, 15) is 4.79 Å². The zero-order valence-corrected chi connectivity index (χ0v) is 14.2. The van der Waals surface area contributed by atoms with Gasteiger partial charge in [0, 0.05) is 5.56 Å². The van der Waals surface area contributed by atoms with Gasteiger partial charge in [-0.05, 0) is 46.7 Å². The predicted octanol–water partition coefficient (Wildman–Crippen LogP) is 3.30. The lowest BCUT2D eigenvalue weighted by Crippen LogP contribution is -2.12. The molecule has 0 saturated heterocycles. The van der Waals surface area contributed by atoms with E-state index < -0.39 is 0 Å². The molecule has 132 valence electrons. The fourth-order valence-electron chi connectivity index (χ4n) is 2.55. The van der Waals surface area contributed by atoms with Gasteiger partial charge in [-0.2, -0.15) is 0 Å². The molecule has 3 N–H and O–H groups in total. The number of nitrogens with two attached hydrogens (primary N) is 1. The lowest BCUT2D eigenvalue weighted by Gasteiger charge is -2.09. The summed E-state index contributed by atoms with van der Waals surface area (Å²) in [5.41, 5.74) is 7.70. The summed E-state index contributed by atoms with van der Waals surface area (Å²) in [6, 6.07) is 18.3. The second-order valence-corrected chi connectivity index (χ2v) is 5.69. The summed E-state index contributed by atoms with van der Waals surface area (Å²) in [6.07, 6.45) is 0. The summed E-state index contributed by atoms with van der Waals surface area (Å²) >= 11 is 0. The Labute approximate surface area is 150 Å². The first kappa shape index (κ1) is 17.3. The normalized spacial score (nSPS) is 11.3. The molecule has 0 heterocycles. The van der Waals surface area contributed by atoms with Gasteiger partial charge in [-0.3, -0.25) is 0 Å². The van der Waals surface area contributed by atoms with Crippen LogP contribution in [-0.2, 0) is 11.3 Å². The van der Waals surface area contributed by atoms with Crippen molar-refractivity contribution in [1.29, 1.82) is 0 Å². The molecule has 0 saturated carbocycles. The van der Waals surface area contributed by atoms with Crippen LogP contribution in [0.1, 0.15) is 21.5 Å². The van der Waals surface area contributed by atoms with Crippen molar-refractivity contribution in [2.45, 2.75) is 6.61 Å². The Morgan fingerprint density at radius 2 is 1.69 bits per heavy atom. The number of oxime groups is 1.